The van der Waals surface area contributed by atoms with Gasteiger partial charge in [0.05, 0.1) is 5.60 Å². The molecule has 2 rings (SSSR count). The lowest BCUT2D eigenvalue weighted by Gasteiger charge is -2.39. The van der Waals surface area contributed by atoms with Gasteiger partial charge in [0.1, 0.15) is 11.5 Å². The molecule has 140 valence electrons. The molecule has 0 amide bonds. The van der Waals surface area contributed by atoms with E-state index in [9.17, 15) is 5.11 Å². The van der Waals surface area contributed by atoms with Crippen molar-refractivity contribution in [3.63, 3.8) is 0 Å². The van der Waals surface area contributed by atoms with E-state index in [2.05, 4.69) is 13.0 Å². The van der Waals surface area contributed by atoms with E-state index in [1.165, 1.54) is 5.57 Å². The summed E-state index contributed by atoms with van der Waals surface area (Å²) >= 11 is 0. The second-order valence-corrected chi connectivity index (χ2v) is 7.13. The lowest BCUT2D eigenvalue weighted by atomic mass is 9.69. The highest BCUT2D eigenvalue weighted by molar-refractivity contribution is 5.49. The van der Waals surface area contributed by atoms with Crippen LogP contribution in [0, 0.1) is 5.92 Å². The van der Waals surface area contributed by atoms with E-state index in [-0.39, 0.29) is 25.4 Å². The normalized spacial score (nSPS) is 21.0. The molecule has 0 radical (unpaired) electrons. The highest BCUT2D eigenvalue weighted by Crippen LogP contribution is 2.48. The summed E-state index contributed by atoms with van der Waals surface area (Å²) in [4.78, 5) is 0. The van der Waals surface area contributed by atoms with E-state index in [1.807, 2.05) is 32.0 Å². The predicted molar refractivity (Wildman–Crippen MR) is 97.0 cm³/mol. The van der Waals surface area contributed by atoms with Crippen LogP contribution in [0.15, 0.2) is 29.8 Å². The number of aliphatic hydroxyl groups is 1. The second kappa shape index (κ2) is 8.70. The first kappa shape index (κ1) is 19.8. The molecule has 0 spiro atoms. The van der Waals surface area contributed by atoms with Crippen LogP contribution in [-0.2, 0) is 9.47 Å². The molecule has 1 aromatic rings. The highest BCUT2D eigenvalue weighted by atomic mass is 16.7. The largest absolute Gasteiger partial charge is 0.467 e. The van der Waals surface area contributed by atoms with Gasteiger partial charge in [-0.1, -0.05) is 17.7 Å². The van der Waals surface area contributed by atoms with E-state index in [0.717, 1.165) is 29.9 Å². The minimum Gasteiger partial charge on any atom is -0.467 e. The maximum Gasteiger partial charge on any atom is 0.188 e. The van der Waals surface area contributed by atoms with Crippen LogP contribution < -0.4 is 9.47 Å². The van der Waals surface area contributed by atoms with Gasteiger partial charge < -0.3 is 24.1 Å². The fraction of sp³-hybridized carbons (Fsp3) is 0.600. The summed E-state index contributed by atoms with van der Waals surface area (Å²) in [5, 5.41) is 10.7. The SMILES string of the molecule is COCOc1cccc(OCOC)c1[C@@H]1CC(C)=CC[C@H]1C(C)(C)O. The molecule has 5 nitrogen and oxygen atoms in total. The number of hydrogen-bond acceptors (Lipinski definition) is 5. The third-order valence-electron chi connectivity index (χ3n) is 4.72. The Hall–Kier alpha value is -1.56. The summed E-state index contributed by atoms with van der Waals surface area (Å²) in [6.07, 6.45) is 3.89. The van der Waals surface area contributed by atoms with Crippen LogP contribution in [0.2, 0.25) is 0 Å². The molecule has 1 aliphatic rings. The van der Waals surface area contributed by atoms with Gasteiger partial charge in [0.2, 0.25) is 0 Å². The first-order chi connectivity index (χ1) is 11.9. The van der Waals surface area contributed by atoms with Crippen molar-refractivity contribution in [1.29, 1.82) is 0 Å². The fourth-order valence-corrected chi connectivity index (χ4v) is 3.53. The Balaban J connectivity index is 2.49. The third-order valence-corrected chi connectivity index (χ3v) is 4.72. The van der Waals surface area contributed by atoms with Gasteiger partial charge in [0, 0.05) is 25.7 Å². The Morgan fingerprint density at radius 2 is 1.64 bits per heavy atom. The van der Waals surface area contributed by atoms with Crippen molar-refractivity contribution in [2.24, 2.45) is 5.92 Å². The zero-order chi connectivity index (χ0) is 18.4. The first-order valence-corrected chi connectivity index (χ1v) is 8.62. The quantitative estimate of drug-likeness (QED) is 0.570. The summed E-state index contributed by atoms with van der Waals surface area (Å²) < 4.78 is 21.8. The standard InChI is InChI=1S/C20H30O5/c1-14-9-10-16(20(2,3)21)15(11-14)19-17(24-12-22-4)7-6-8-18(19)25-13-23-5/h6-9,15-16,21H,10-13H2,1-5H3/t15-,16-/m1/s1. The van der Waals surface area contributed by atoms with Crippen LogP contribution in [0.4, 0.5) is 0 Å². The molecule has 0 saturated heterocycles. The topological polar surface area (TPSA) is 57.2 Å². The average molecular weight is 350 g/mol. The molecule has 0 saturated carbocycles. The molecular weight excluding hydrogens is 320 g/mol. The van der Waals surface area contributed by atoms with Crippen molar-refractivity contribution in [2.45, 2.75) is 45.1 Å². The first-order valence-electron chi connectivity index (χ1n) is 8.62. The van der Waals surface area contributed by atoms with Crippen LogP contribution in [0.5, 0.6) is 11.5 Å². The highest BCUT2D eigenvalue weighted by Gasteiger charge is 2.39. The maximum absolute atomic E-state index is 10.7. The zero-order valence-corrected chi connectivity index (χ0v) is 15.9. The molecule has 0 aliphatic heterocycles. The van der Waals surface area contributed by atoms with Gasteiger partial charge >= 0.3 is 0 Å². The van der Waals surface area contributed by atoms with Crippen molar-refractivity contribution in [1.82, 2.24) is 0 Å². The Morgan fingerprint density at radius 1 is 1.08 bits per heavy atom. The minimum absolute atomic E-state index is 0.0633. The van der Waals surface area contributed by atoms with Crippen molar-refractivity contribution >= 4 is 0 Å². The molecule has 0 aromatic heterocycles. The van der Waals surface area contributed by atoms with Crippen LogP contribution >= 0.6 is 0 Å². The van der Waals surface area contributed by atoms with Gasteiger partial charge in [-0.05, 0) is 51.7 Å². The van der Waals surface area contributed by atoms with E-state index in [4.69, 9.17) is 18.9 Å². The monoisotopic (exact) mass is 350 g/mol. The predicted octanol–water partition coefficient (Wildman–Crippen LogP) is 3.86. The number of ether oxygens (including phenoxy) is 4. The number of hydrogen-bond donors (Lipinski definition) is 1. The lowest BCUT2D eigenvalue weighted by Crippen LogP contribution is -2.37. The maximum atomic E-state index is 10.7. The van der Waals surface area contributed by atoms with Crippen LogP contribution in [0.3, 0.4) is 0 Å². The Kier molecular flexibility index (Phi) is 6.87. The van der Waals surface area contributed by atoms with Gasteiger partial charge in [-0.25, -0.2) is 0 Å². The molecule has 1 aromatic carbocycles. The molecule has 1 aliphatic carbocycles. The molecule has 2 atom stereocenters. The van der Waals surface area contributed by atoms with Gasteiger partial charge in [0.25, 0.3) is 0 Å². The smallest absolute Gasteiger partial charge is 0.188 e. The van der Waals surface area contributed by atoms with Gasteiger partial charge in [-0.15, -0.1) is 0 Å². The van der Waals surface area contributed by atoms with Gasteiger partial charge in [0.15, 0.2) is 13.6 Å². The molecular formula is C20H30O5. The number of allylic oxidation sites excluding steroid dienone is 2. The van der Waals surface area contributed by atoms with Gasteiger partial charge in [-0.2, -0.15) is 0 Å². The molecule has 0 unspecified atom stereocenters. The van der Waals surface area contributed by atoms with E-state index in [1.54, 1.807) is 14.2 Å². The number of benzene rings is 1. The summed E-state index contributed by atoms with van der Waals surface area (Å²) in [6.45, 7) is 6.19. The molecule has 0 heterocycles. The molecule has 25 heavy (non-hydrogen) atoms. The summed E-state index contributed by atoms with van der Waals surface area (Å²) in [7, 11) is 3.19. The molecule has 0 bridgehead atoms. The van der Waals surface area contributed by atoms with Crippen LogP contribution in [0.1, 0.15) is 45.1 Å². The second-order valence-electron chi connectivity index (χ2n) is 7.13. The van der Waals surface area contributed by atoms with E-state index >= 15 is 0 Å². The van der Waals surface area contributed by atoms with Crippen molar-refractivity contribution in [3.05, 3.63) is 35.4 Å². The summed E-state index contributed by atoms with van der Waals surface area (Å²) in [5.74, 6) is 1.60. The lowest BCUT2D eigenvalue weighted by molar-refractivity contribution is 0.000480. The zero-order valence-electron chi connectivity index (χ0n) is 15.9. The van der Waals surface area contributed by atoms with Crippen LogP contribution in [-0.4, -0.2) is 38.5 Å². The Morgan fingerprint density at radius 3 is 2.12 bits per heavy atom. The molecule has 0 fully saturated rings. The third kappa shape index (κ3) is 4.97. The Labute approximate surface area is 150 Å². The Bertz CT molecular complexity index is 562. The van der Waals surface area contributed by atoms with Crippen molar-refractivity contribution in [3.8, 4) is 11.5 Å². The molecule has 5 heteroatoms. The van der Waals surface area contributed by atoms with Crippen molar-refractivity contribution in [2.75, 3.05) is 27.8 Å². The van der Waals surface area contributed by atoms with E-state index < -0.39 is 5.60 Å². The van der Waals surface area contributed by atoms with Gasteiger partial charge in [-0.3, -0.25) is 0 Å². The summed E-state index contributed by atoms with van der Waals surface area (Å²) in [6, 6.07) is 5.73. The van der Waals surface area contributed by atoms with E-state index in [0.29, 0.717) is 0 Å². The fourth-order valence-electron chi connectivity index (χ4n) is 3.53. The van der Waals surface area contributed by atoms with Crippen LogP contribution in [0.25, 0.3) is 0 Å². The summed E-state index contributed by atoms with van der Waals surface area (Å²) in [5.41, 5.74) is 1.47. The molecule has 1 N–H and O–H groups in total. The number of methoxy groups -OCH3 is 2. The van der Waals surface area contributed by atoms with Crippen molar-refractivity contribution < 1.29 is 24.1 Å². The number of rotatable bonds is 8. The minimum atomic E-state index is -0.811. The average Bonchev–Trinajstić information content (AvgIpc) is 2.56.